The van der Waals surface area contributed by atoms with Gasteiger partial charge in [0, 0.05) is 0 Å². The number of alkyl halides is 1. The van der Waals surface area contributed by atoms with Crippen molar-refractivity contribution in [3.63, 3.8) is 0 Å². The van der Waals surface area contributed by atoms with E-state index in [-0.39, 0.29) is 23.3 Å². The maximum Gasteiger partial charge on any atom is 0.320 e. The van der Waals surface area contributed by atoms with Crippen LogP contribution in [0.1, 0.15) is 25.0 Å². The number of hydrogen-bond acceptors (Lipinski definition) is 3. The molecule has 0 spiro atoms. The molecule has 0 radical (unpaired) electrons. The van der Waals surface area contributed by atoms with Crippen LogP contribution in [0.15, 0.2) is 48.5 Å². The van der Waals surface area contributed by atoms with Crippen molar-refractivity contribution in [3.8, 4) is 11.5 Å². The molecule has 0 aromatic heterocycles. The van der Waals surface area contributed by atoms with Crippen LogP contribution in [0.3, 0.4) is 0 Å². The molecule has 0 aliphatic carbocycles. The number of hydrogen-bond donors (Lipinski definition) is 0. The van der Waals surface area contributed by atoms with E-state index in [0.717, 1.165) is 17.1 Å². The normalized spacial score (nSPS) is 12.0. The molecule has 3 nitrogen and oxygen atoms in total. The number of benzene rings is 2. The number of carbonyl (C=O) groups is 1. The summed E-state index contributed by atoms with van der Waals surface area (Å²) in [4.78, 5) is 11.6. The monoisotopic (exact) mass is 376 g/mol. The Balaban J connectivity index is 1.97. The van der Waals surface area contributed by atoms with Crippen molar-refractivity contribution in [3.05, 3.63) is 59.7 Å². The molecule has 1 unspecified atom stereocenters. The number of ether oxygens (including phenoxy) is 2. The second kappa shape index (κ2) is 8.16. The van der Waals surface area contributed by atoms with E-state index in [1.54, 1.807) is 0 Å². The molecule has 2 aromatic rings. The summed E-state index contributed by atoms with van der Waals surface area (Å²) in [7, 11) is 0. The number of aryl methyl sites for hydroxylation is 1. The molecule has 122 valence electrons. The van der Waals surface area contributed by atoms with Crippen LogP contribution in [-0.4, -0.2) is 10.8 Å². The van der Waals surface area contributed by atoms with Gasteiger partial charge in [0.25, 0.3) is 0 Å². The van der Waals surface area contributed by atoms with E-state index in [9.17, 15) is 4.79 Å². The Morgan fingerprint density at radius 3 is 2.43 bits per heavy atom. The third kappa shape index (κ3) is 5.39. The number of esters is 1. The van der Waals surface area contributed by atoms with E-state index >= 15 is 0 Å². The molecule has 0 heterocycles. The van der Waals surface area contributed by atoms with E-state index in [1.807, 2.05) is 69.3 Å². The van der Waals surface area contributed by atoms with Crippen LogP contribution in [0.4, 0.5) is 0 Å². The molecule has 0 amide bonds. The molecule has 2 aromatic carbocycles. The zero-order valence-electron chi connectivity index (χ0n) is 13.6. The van der Waals surface area contributed by atoms with Gasteiger partial charge in [-0.15, -0.1) is 0 Å². The van der Waals surface area contributed by atoms with Gasteiger partial charge >= 0.3 is 5.97 Å². The molecule has 0 fully saturated rings. The molecule has 0 saturated heterocycles. The highest BCUT2D eigenvalue weighted by molar-refractivity contribution is 9.10. The van der Waals surface area contributed by atoms with Gasteiger partial charge in [0.05, 0.1) is 0 Å². The highest BCUT2D eigenvalue weighted by atomic mass is 79.9. The topological polar surface area (TPSA) is 35.5 Å². The maximum absolute atomic E-state index is 11.9. The lowest BCUT2D eigenvalue weighted by atomic mass is 10.1. The summed E-state index contributed by atoms with van der Waals surface area (Å²) in [6.45, 7) is 6.21. The number of rotatable bonds is 6. The minimum atomic E-state index is -0.283. The molecule has 0 aliphatic heterocycles. The smallest absolute Gasteiger partial charge is 0.320 e. The lowest BCUT2D eigenvalue weighted by molar-refractivity contribution is -0.144. The first-order chi connectivity index (χ1) is 11.0. The van der Waals surface area contributed by atoms with Crippen molar-refractivity contribution in [1.82, 2.24) is 0 Å². The predicted molar refractivity (Wildman–Crippen MR) is 95.0 cm³/mol. The maximum atomic E-state index is 11.9. The van der Waals surface area contributed by atoms with Crippen molar-refractivity contribution in [2.24, 2.45) is 5.92 Å². The molecule has 0 bridgehead atoms. The van der Waals surface area contributed by atoms with Gasteiger partial charge in [0.1, 0.15) is 22.9 Å². The second-order valence-electron chi connectivity index (χ2n) is 5.82. The van der Waals surface area contributed by atoms with Gasteiger partial charge in [0.15, 0.2) is 0 Å². The Labute approximate surface area is 145 Å². The van der Waals surface area contributed by atoms with Gasteiger partial charge < -0.3 is 9.47 Å². The molecule has 0 aliphatic rings. The molecule has 0 saturated carbocycles. The zero-order valence-corrected chi connectivity index (χ0v) is 15.2. The van der Waals surface area contributed by atoms with Crippen molar-refractivity contribution in [1.29, 1.82) is 0 Å². The van der Waals surface area contributed by atoms with Gasteiger partial charge in [-0.05, 0) is 42.7 Å². The molecule has 2 rings (SSSR count). The fourth-order valence-corrected chi connectivity index (χ4v) is 2.08. The lowest BCUT2D eigenvalue weighted by Crippen LogP contribution is -2.22. The minimum Gasteiger partial charge on any atom is -0.460 e. The van der Waals surface area contributed by atoms with Crippen LogP contribution in [-0.2, 0) is 16.1 Å². The van der Waals surface area contributed by atoms with E-state index in [0.29, 0.717) is 0 Å². The lowest BCUT2D eigenvalue weighted by Gasteiger charge is -2.13. The molecule has 23 heavy (non-hydrogen) atoms. The summed E-state index contributed by atoms with van der Waals surface area (Å²) in [5.74, 6) is 1.45. The van der Waals surface area contributed by atoms with Crippen molar-refractivity contribution in [2.45, 2.75) is 32.2 Å². The van der Waals surface area contributed by atoms with Crippen LogP contribution >= 0.6 is 15.9 Å². The van der Waals surface area contributed by atoms with E-state index in [2.05, 4.69) is 15.9 Å². The fourth-order valence-electron chi connectivity index (χ4n) is 1.95. The Hall–Kier alpha value is -1.81. The van der Waals surface area contributed by atoms with Crippen molar-refractivity contribution < 1.29 is 14.3 Å². The highest BCUT2D eigenvalue weighted by Gasteiger charge is 2.20. The Morgan fingerprint density at radius 1 is 1.09 bits per heavy atom. The summed E-state index contributed by atoms with van der Waals surface area (Å²) in [5, 5.41) is 0. The average Bonchev–Trinajstić information content (AvgIpc) is 2.54. The quantitative estimate of drug-likeness (QED) is 0.510. The van der Waals surface area contributed by atoms with Crippen LogP contribution in [0.2, 0.25) is 0 Å². The van der Waals surface area contributed by atoms with Gasteiger partial charge in [-0.3, -0.25) is 4.79 Å². The molecular formula is C19H21BrO3. The highest BCUT2D eigenvalue weighted by Crippen LogP contribution is 2.23. The number of halogens is 1. The number of carbonyl (C=O) groups excluding carboxylic acids is 1. The van der Waals surface area contributed by atoms with Crippen LogP contribution < -0.4 is 4.74 Å². The van der Waals surface area contributed by atoms with Gasteiger partial charge in [0.2, 0.25) is 0 Å². The summed E-state index contributed by atoms with van der Waals surface area (Å²) in [5.41, 5.74) is 2.08. The van der Waals surface area contributed by atoms with Crippen LogP contribution in [0.5, 0.6) is 11.5 Å². The summed E-state index contributed by atoms with van der Waals surface area (Å²) >= 11 is 3.35. The van der Waals surface area contributed by atoms with Crippen LogP contribution in [0.25, 0.3) is 0 Å². The molecule has 1 atom stereocenters. The third-order valence-electron chi connectivity index (χ3n) is 3.35. The third-order valence-corrected chi connectivity index (χ3v) is 4.78. The molecular weight excluding hydrogens is 356 g/mol. The van der Waals surface area contributed by atoms with Gasteiger partial charge in [-0.25, -0.2) is 0 Å². The first-order valence-corrected chi connectivity index (χ1v) is 8.51. The molecule has 0 N–H and O–H groups in total. The largest absolute Gasteiger partial charge is 0.460 e. The van der Waals surface area contributed by atoms with Crippen molar-refractivity contribution in [2.75, 3.05) is 0 Å². The zero-order chi connectivity index (χ0) is 16.8. The Kier molecular flexibility index (Phi) is 6.22. The Morgan fingerprint density at radius 2 is 1.78 bits per heavy atom. The average molecular weight is 377 g/mol. The van der Waals surface area contributed by atoms with Gasteiger partial charge in [-0.2, -0.15) is 0 Å². The summed E-state index contributed by atoms with van der Waals surface area (Å²) in [6, 6.07) is 15.4. The first-order valence-electron chi connectivity index (χ1n) is 7.60. The van der Waals surface area contributed by atoms with E-state index < -0.39 is 0 Å². The van der Waals surface area contributed by atoms with Gasteiger partial charge in [-0.1, -0.05) is 59.6 Å². The Bertz CT molecular complexity index is 650. The summed E-state index contributed by atoms with van der Waals surface area (Å²) < 4.78 is 11.1. The fraction of sp³-hybridized carbons (Fsp3) is 0.316. The SMILES string of the molecule is Cc1ccc(Oc2cccc(COC(=O)C(Br)C(C)C)c2)cc1. The van der Waals surface area contributed by atoms with E-state index in [4.69, 9.17) is 9.47 Å². The van der Waals surface area contributed by atoms with Crippen molar-refractivity contribution >= 4 is 21.9 Å². The minimum absolute atomic E-state index is 0.193. The van der Waals surface area contributed by atoms with E-state index in [1.165, 1.54) is 5.56 Å². The predicted octanol–water partition coefficient (Wildman–Crippen LogP) is 5.25. The second-order valence-corrected chi connectivity index (χ2v) is 6.80. The first kappa shape index (κ1) is 17.5. The summed E-state index contributed by atoms with van der Waals surface area (Å²) in [6.07, 6.45) is 0. The molecule has 4 heteroatoms. The standard InChI is InChI=1S/C19H21BrO3/c1-13(2)18(20)19(21)22-12-15-5-4-6-17(11-15)23-16-9-7-14(3)8-10-16/h4-11,13,18H,12H2,1-3H3. The van der Waals surface area contributed by atoms with Crippen LogP contribution in [0, 0.1) is 12.8 Å².